The average Bonchev–Trinajstić information content (AvgIpc) is 2.78. The Hall–Kier alpha value is -3.37. The van der Waals surface area contributed by atoms with Crippen LogP contribution in [0.4, 0.5) is 5.69 Å². The standard InChI is InChI=1S/C23H29BN4O5/c1-14(2)28(15(3)4)27-26-19-8-7-16(11-18(19)24(29)30)33-21-9-10-25-20-13-23(32-6)22(31-5)12-17(20)21/h7-15,29-30H,1-6H3. The van der Waals surface area contributed by atoms with E-state index in [4.69, 9.17) is 14.2 Å². The van der Waals surface area contributed by atoms with Crippen LogP contribution in [0.15, 0.2) is 52.9 Å². The van der Waals surface area contributed by atoms with Gasteiger partial charge in [-0.1, -0.05) is 5.22 Å². The normalized spacial score (nSPS) is 11.5. The number of fused-ring (bicyclic) bond motifs is 1. The molecule has 0 aliphatic heterocycles. The van der Waals surface area contributed by atoms with Crippen LogP contribution >= 0.6 is 0 Å². The van der Waals surface area contributed by atoms with Crippen molar-refractivity contribution in [2.45, 2.75) is 39.8 Å². The molecule has 0 spiro atoms. The van der Waals surface area contributed by atoms with Crippen molar-refractivity contribution in [2.24, 2.45) is 10.3 Å². The molecule has 1 aromatic heterocycles. The van der Waals surface area contributed by atoms with Crippen molar-refractivity contribution in [1.82, 2.24) is 9.99 Å². The van der Waals surface area contributed by atoms with Gasteiger partial charge in [0.1, 0.15) is 11.5 Å². The van der Waals surface area contributed by atoms with Crippen molar-refractivity contribution in [1.29, 1.82) is 0 Å². The zero-order valence-corrected chi connectivity index (χ0v) is 19.7. The Morgan fingerprint density at radius 2 is 1.58 bits per heavy atom. The summed E-state index contributed by atoms with van der Waals surface area (Å²) in [5.74, 6) is 2.04. The summed E-state index contributed by atoms with van der Waals surface area (Å²) in [6, 6.07) is 10.4. The summed E-state index contributed by atoms with van der Waals surface area (Å²) in [4.78, 5) is 4.37. The van der Waals surface area contributed by atoms with Gasteiger partial charge in [-0.3, -0.25) is 9.99 Å². The quantitative estimate of drug-likeness (QED) is 0.288. The van der Waals surface area contributed by atoms with E-state index >= 15 is 0 Å². The molecular formula is C23H29BN4O5. The van der Waals surface area contributed by atoms with Crippen molar-refractivity contribution >= 4 is 29.2 Å². The second kappa shape index (κ2) is 10.5. The predicted molar refractivity (Wildman–Crippen MR) is 128 cm³/mol. The Morgan fingerprint density at radius 1 is 0.909 bits per heavy atom. The van der Waals surface area contributed by atoms with Crippen LogP contribution in [0.25, 0.3) is 10.9 Å². The van der Waals surface area contributed by atoms with E-state index in [1.165, 1.54) is 6.07 Å². The van der Waals surface area contributed by atoms with Gasteiger partial charge in [-0.15, -0.1) is 5.11 Å². The summed E-state index contributed by atoms with van der Waals surface area (Å²) < 4.78 is 16.8. The van der Waals surface area contributed by atoms with Crippen LogP contribution in [0.5, 0.6) is 23.0 Å². The lowest BCUT2D eigenvalue weighted by Gasteiger charge is -2.25. The van der Waals surface area contributed by atoms with Gasteiger partial charge in [0.25, 0.3) is 0 Å². The molecule has 1 heterocycles. The Balaban J connectivity index is 1.97. The van der Waals surface area contributed by atoms with Crippen LogP contribution in [-0.4, -0.2) is 53.5 Å². The molecule has 0 aliphatic carbocycles. The first-order valence-corrected chi connectivity index (χ1v) is 10.6. The highest BCUT2D eigenvalue weighted by molar-refractivity contribution is 6.60. The SMILES string of the molecule is COc1cc2nccc(Oc3ccc(N=NN(C(C)C)C(C)C)c(B(O)O)c3)c2cc1OC. The second-order valence-electron chi connectivity index (χ2n) is 7.99. The average molecular weight is 452 g/mol. The maximum atomic E-state index is 9.92. The second-order valence-corrected chi connectivity index (χ2v) is 7.99. The van der Waals surface area contributed by atoms with E-state index in [0.717, 1.165) is 5.39 Å². The number of rotatable bonds is 9. The van der Waals surface area contributed by atoms with Gasteiger partial charge in [0, 0.05) is 35.2 Å². The molecule has 10 heteroatoms. The minimum absolute atomic E-state index is 0.148. The first-order chi connectivity index (χ1) is 15.7. The fourth-order valence-electron chi connectivity index (χ4n) is 3.46. The molecule has 3 rings (SSSR count). The smallest absolute Gasteiger partial charge is 0.490 e. The highest BCUT2D eigenvalue weighted by Gasteiger charge is 2.19. The largest absolute Gasteiger partial charge is 0.493 e. The van der Waals surface area contributed by atoms with Crippen molar-refractivity contribution in [2.75, 3.05) is 14.2 Å². The van der Waals surface area contributed by atoms with Crippen molar-refractivity contribution in [3.63, 3.8) is 0 Å². The van der Waals surface area contributed by atoms with E-state index in [1.807, 2.05) is 32.7 Å². The lowest BCUT2D eigenvalue weighted by atomic mass is 9.79. The Kier molecular flexibility index (Phi) is 7.73. The molecule has 0 amide bonds. The Morgan fingerprint density at radius 3 is 2.18 bits per heavy atom. The topological polar surface area (TPSA) is 109 Å². The minimum atomic E-state index is -1.74. The van der Waals surface area contributed by atoms with Gasteiger partial charge in [0.05, 0.1) is 25.4 Å². The third-order valence-corrected chi connectivity index (χ3v) is 5.03. The fourth-order valence-corrected chi connectivity index (χ4v) is 3.46. The maximum Gasteiger partial charge on any atom is 0.490 e. The molecule has 0 atom stereocenters. The third kappa shape index (κ3) is 5.53. The number of hydrogen-bond donors (Lipinski definition) is 2. The highest BCUT2D eigenvalue weighted by atomic mass is 16.5. The zero-order chi connectivity index (χ0) is 24.1. The summed E-state index contributed by atoms with van der Waals surface area (Å²) in [5, 5.41) is 30.9. The Labute approximate surface area is 193 Å². The zero-order valence-electron chi connectivity index (χ0n) is 19.7. The molecule has 33 heavy (non-hydrogen) atoms. The van der Waals surface area contributed by atoms with Gasteiger partial charge in [0.15, 0.2) is 11.5 Å². The monoisotopic (exact) mass is 452 g/mol. The predicted octanol–water partition coefficient (Wildman–Crippen LogP) is 3.84. The lowest BCUT2D eigenvalue weighted by molar-refractivity contribution is 0.169. The summed E-state index contributed by atoms with van der Waals surface area (Å²) >= 11 is 0. The summed E-state index contributed by atoms with van der Waals surface area (Å²) in [5.41, 5.74) is 1.19. The summed E-state index contributed by atoms with van der Waals surface area (Å²) in [7, 11) is 1.38. The van der Waals surface area contributed by atoms with E-state index in [-0.39, 0.29) is 17.5 Å². The number of nitrogens with zero attached hydrogens (tertiary/aromatic N) is 4. The molecule has 2 N–H and O–H groups in total. The van der Waals surface area contributed by atoms with Gasteiger partial charge < -0.3 is 24.3 Å². The first-order valence-electron chi connectivity index (χ1n) is 10.6. The van der Waals surface area contributed by atoms with Gasteiger partial charge in [-0.05, 0) is 58.0 Å². The van der Waals surface area contributed by atoms with Crippen LogP contribution < -0.4 is 19.7 Å². The molecule has 0 fully saturated rings. The van der Waals surface area contributed by atoms with Crippen LogP contribution in [0.1, 0.15) is 27.7 Å². The van der Waals surface area contributed by atoms with Crippen molar-refractivity contribution in [3.8, 4) is 23.0 Å². The van der Waals surface area contributed by atoms with E-state index in [1.54, 1.807) is 50.7 Å². The minimum Gasteiger partial charge on any atom is -0.493 e. The van der Waals surface area contributed by atoms with E-state index in [2.05, 4.69) is 15.3 Å². The van der Waals surface area contributed by atoms with Gasteiger partial charge in [-0.2, -0.15) is 0 Å². The molecule has 3 aromatic rings. The molecule has 174 valence electrons. The highest BCUT2D eigenvalue weighted by Crippen LogP contribution is 2.37. The van der Waals surface area contributed by atoms with Crippen molar-refractivity contribution in [3.05, 3.63) is 42.6 Å². The third-order valence-electron chi connectivity index (χ3n) is 5.03. The first kappa shape index (κ1) is 24.3. The molecular weight excluding hydrogens is 423 g/mol. The van der Waals surface area contributed by atoms with E-state index in [9.17, 15) is 10.0 Å². The number of ether oxygens (including phenoxy) is 3. The van der Waals surface area contributed by atoms with Crippen LogP contribution in [0.2, 0.25) is 0 Å². The molecule has 0 saturated heterocycles. The van der Waals surface area contributed by atoms with E-state index in [0.29, 0.717) is 34.2 Å². The lowest BCUT2D eigenvalue weighted by Crippen LogP contribution is -2.32. The van der Waals surface area contributed by atoms with Gasteiger partial charge in [0.2, 0.25) is 0 Å². The number of methoxy groups -OCH3 is 2. The number of hydrogen-bond acceptors (Lipinski definition) is 8. The number of pyridine rings is 1. The molecule has 9 nitrogen and oxygen atoms in total. The maximum absolute atomic E-state index is 9.92. The molecule has 2 aromatic carbocycles. The molecule has 0 saturated carbocycles. The van der Waals surface area contributed by atoms with Gasteiger partial charge in [-0.25, -0.2) is 0 Å². The van der Waals surface area contributed by atoms with Crippen LogP contribution in [0.3, 0.4) is 0 Å². The molecule has 0 bridgehead atoms. The number of benzene rings is 2. The molecule has 0 aliphatic rings. The summed E-state index contributed by atoms with van der Waals surface area (Å²) in [6.45, 7) is 8.06. The fraction of sp³-hybridized carbons (Fsp3) is 0.348. The Bertz CT molecular complexity index is 1130. The van der Waals surface area contributed by atoms with Gasteiger partial charge >= 0.3 is 7.12 Å². The van der Waals surface area contributed by atoms with Crippen LogP contribution in [-0.2, 0) is 0 Å². The van der Waals surface area contributed by atoms with Crippen LogP contribution in [0, 0.1) is 0 Å². The van der Waals surface area contributed by atoms with E-state index < -0.39 is 7.12 Å². The molecule has 0 unspecified atom stereocenters. The number of aromatic nitrogens is 1. The molecule has 0 radical (unpaired) electrons. The van der Waals surface area contributed by atoms with Crippen molar-refractivity contribution < 1.29 is 24.3 Å². The summed E-state index contributed by atoms with van der Waals surface area (Å²) in [6.07, 6.45) is 1.63.